The van der Waals surface area contributed by atoms with Crippen molar-refractivity contribution < 1.29 is 9.53 Å². The van der Waals surface area contributed by atoms with Crippen LogP contribution in [0.1, 0.15) is 31.9 Å². The van der Waals surface area contributed by atoms with Gasteiger partial charge in [-0.2, -0.15) is 0 Å². The maximum absolute atomic E-state index is 12.9. The number of carbonyl (C=O) groups is 1. The molecule has 0 spiro atoms. The van der Waals surface area contributed by atoms with E-state index >= 15 is 0 Å². The van der Waals surface area contributed by atoms with Gasteiger partial charge in [-0.05, 0) is 60.4 Å². The number of carbonyl (C=O) groups excluding carboxylic acids is 1. The molecule has 35 heavy (non-hydrogen) atoms. The number of hydrogen-bond acceptors (Lipinski definition) is 5. The first kappa shape index (κ1) is 24.5. The van der Waals surface area contributed by atoms with E-state index in [9.17, 15) is 4.79 Å². The summed E-state index contributed by atoms with van der Waals surface area (Å²) in [5.74, 6) is 1.61. The summed E-state index contributed by atoms with van der Waals surface area (Å²) >= 11 is 1.36. The third-order valence-corrected chi connectivity index (χ3v) is 6.54. The minimum absolute atomic E-state index is 0.0735. The molecule has 0 bridgehead atoms. The Morgan fingerprint density at radius 2 is 1.66 bits per heavy atom. The highest BCUT2D eigenvalue weighted by atomic mass is 32.2. The molecule has 0 aliphatic heterocycles. The predicted octanol–water partition coefficient (Wildman–Crippen LogP) is 6.28. The summed E-state index contributed by atoms with van der Waals surface area (Å²) in [4.78, 5) is 12.9. The number of ether oxygens (including phenoxy) is 1. The van der Waals surface area contributed by atoms with Crippen molar-refractivity contribution in [3.8, 4) is 22.8 Å². The van der Waals surface area contributed by atoms with Gasteiger partial charge in [0.15, 0.2) is 11.0 Å². The number of aromatic nitrogens is 3. The molecule has 0 unspecified atom stereocenters. The Balaban J connectivity index is 1.60. The Labute approximate surface area is 210 Å². The van der Waals surface area contributed by atoms with Crippen LogP contribution in [0.4, 0.5) is 5.69 Å². The normalized spacial score (nSPS) is 11.3. The number of nitrogens with zero attached hydrogens (tertiary/aromatic N) is 3. The lowest BCUT2D eigenvalue weighted by molar-refractivity contribution is -0.113. The van der Waals surface area contributed by atoms with Crippen molar-refractivity contribution in [3.05, 3.63) is 83.9 Å². The van der Waals surface area contributed by atoms with Crippen molar-refractivity contribution in [2.24, 2.45) is 0 Å². The zero-order valence-corrected chi connectivity index (χ0v) is 21.5. The summed E-state index contributed by atoms with van der Waals surface area (Å²) in [7, 11) is 1.64. The first-order valence-electron chi connectivity index (χ1n) is 11.5. The summed E-state index contributed by atoms with van der Waals surface area (Å²) in [5.41, 5.74) is 4.88. The van der Waals surface area contributed by atoms with E-state index in [1.807, 2.05) is 59.2 Å². The van der Waals surface area contributed by atoms with Crippen molar-refractivity contribution >= 4 is 23.4 Å². The molecule has 1 amide bonds. The van der Waals surface area contributed by atoms with Crippen LogP contribution in [0.2, 0.25) is 0 Å². The molecule has 4 rings (SSSR count). The topological polar surface area (TPSA) is 69.0 Å². The van der Waals surface area contributed by atoms with Gasteiger partial charge in [0.05, 0.1) is 12.9 Å². The van der Waals surface area contributed by atoms with Crippen LogP contribution < -0.4 is 10.1 Å². The third-order valence-electron chi connectivity index (χ3n) is 5.62. The fourth-order valence-electron chi connectivity index (χ4n) is 3.78. The first-order valence-corrected chi connectivity index (χ1v) is 12.4. The minimum Gasteiger partial charge on any atom is -0.497 e. The van der Waals surface area contributed by atoms with Crippen LogP contribution in [0.3, 0.4) is 0 Å². The summed E-state index contributed by atoms with van der Waals surface area (Å²) in [6, 6.07) is 23.8. The monoisotopic (exact) mass is 486 g/mol. The van der Waals surface area contributed by atoms with Gasteiger partial charge in [-0.15, -0.1) is 10.2 Å². The van der Waals surface area contributed by atoms with Crippen molar-refractivity contribution in [3.63, 3.8) is 0 Å². The number of benzene rings is 3. The predicted molar refractivity (Wildman–Crippen MR) is 143 cm³/mol. The second-order valence-electron chi connectivity index (χ2n) is 9.34. The van der Waals surface area contributed by atoms with Crippen molar-refractivity contribution in [2.45, 2.75) is 38.3 Å². The smallest absolute Gasteiger partial charge is 0.234 e. The van der Waals surface area contributed by atoms with Gasteiger partial charge in [-0.1, -0.05) is 68.4 Å². The SMILES string of the molecule is COc1ccc(-c2nnc(SCC(=O)Nc3ccccc3C(C)(C)C)n2-c2ccc(C)cc2)cc1. The molecule has 0 saturated carbocycles. The van der Waals surface area contributed by atoms with Gasteiger partial charge in [0.25, 0.3) is 0 Å². The highest BCUT2D eigenvalue weighted by molar-refractivity contribution is 7.99. The standard InChI is InChI=1S/C28H30N4O2S/c1-19-10-14-21(15-11-19)32-26(20-12-16-22(34-5)17-13-20)30-31-27(32)35-18-25(33)29-24-9-7-6-8-23(24)28(2,3)4/h6-17H,18H2,1-5H3,(H,29,33). The summed E-state index contributed by atoms with van der Waals surface area (Å²) in [5, 5.41) is 12.6. The van der Waals surface area contributed by atoms with Gasteiger partial charge < -0.3 is 10.1 Å². The lowest BCUT2D eigenvalue weighted by Crippen LogP contribution is -2.20. The Kier molecular flexibility index (Phi) is 7.26. The van der Waals surface area contributed by atoms with E-state index in [0.29, 0.717) is 11.0 Å². The zero-order chi connectivity index (χ0) is 25.0. The van der Waals surface area contributed by atoms with Crippen molar-refractivity contribution in [1.29, 1.82) is 0 Å². The fourth-order valence-corrected chi connectivity index (χ4v) is 4.53. The van der Waals surface area contributed by atoms with Gasteiger partial charge >= 0.3 is 0 Å². The molecule has 4 aromatic rings. The minimum atomic E-state index is -0.0869. The van der Waals surface area contributed by atoms with E-state index in [1.54, 1.807) is 7.11 Å². The van der Waals surface area contributed by atoms with E-state index < -0.39 is 0 Å². The molecular weight excluding hydrogens is 456 g/mol. The Morgan fingerprint density at radius 1 is 0.971 bits per heavy atom. The molecule has 0 aliphatic rings. The molecule has 180 valence electrons. The summed E-state index contributed by atoms with van der Waals surface area (Å²) < 4.78 is 7.28. The molecule has 1 aromatic heterocycles. The van der Waals surface area contributed by atoms with Gasteiger partial charge in [0, 0.05) is 16.9 Å². The Morgan fingerprint density at radius 3 is 2.31 bits per heavy atom. The fraction of sp³-hybridized carbons (Fsp3) is 0.250. The third kappa shape index (κ3) is 5.74. The average Bonchev–Trinajstić information content (AvgIpc) is 3.27. The van der Waals surface area contributed by atoms with Crippen LogP contribution in [-0.4, -0.2) is 33.5 Å². The molecule has 7 heteroatoms. The number of nitrogens with one attached hydrogen (secondary N) is 1. The number of thioether (sulfide) groups is 1. The molecule has 0 radical (unpaired) electrons. The maximum atomic E-state index is 12.9. The molecule has 6 nitrogen and oxygen atoms in total. The Bertz CT molecular complexity index is 1310. The number of anilines is 1. The lowest BCUT2D eigenvalue weighted by atomic mass is 9.86. The van der Waals surface area contributed by atoms with Crippen LogP contribution in [0, 0.1) is 6.92 Å². The Hall–Kier alpha value is -3.58. The largest absolute Gasteiger partial charge is 0.497 e. The number of amides is 1. The van der Waals surface area contributed by atoms with Gasteiger partial charge in [-0.3, -0.25) is 9.36 Å². The van der Waals surface area contributed by atoms with E-state index in [0.717, 1.165) is 28.3 Å². The van der Waals surface area contributed by atoms with E-state index in [2.05, 4.69) is 61.4 Å². The molecule has 1 heterocycles. The molecule has 3 aromatic carbocycles. The highest BCUT2D eigenvalue weighted by Crippen LogP contribution is 2.31. The number of methoxy groups -OCH3 is 1. The number of para-hydroxylation sites is 1. The lowest BCUT2D eigenvalue weighted by Gasteiger charge is -2.23. The van der Waals surface area contributed by atoms with Crippen molar-refractivity contribution in [2.75, 3.05) is 18.2 Å². The number of hydrogen-bond donors (Lipinski definition) is 1. The van der Waals surface area contributed by atoms with Crippen LogP contribution in [0.15, 0.2) is 78.0 Å². The number of rotatable bonds is 7. The second kappa shape index (κ2) is 10.4. The van der Waals surface area contributed by atoms with E-state index in [-0.39, 0.29) is 17.1 Å². The van der Waals surface area contributed by atoms with Crippen LogP contribution in [0.25, 0.3) is 17.1 Å². The molecular formula is C28H30N4O2S. The van der Waals surface area contributed by atoms with Crippen molar-refractivity contribution in [1.82, 2.24) is 14.8 Å². The maximum Gasteiger partial charge on any atom is 0.234 e. The molecule has 1 N–H and O–H groups in total. The molecule has 0 atom stereocenters. The second-order valence-corrected chi connectivity index (χ2v) is 10.3. The quantitative estimate of drug-likeness (QED) is 0.311. The molecule has 0 fully saturated rings. The van der Waals surface area contributed by atoms with Gasteiger partial charge in [0.1, 0.15) is 5.75 Å². The van der Waals surface area contributed by atoms with E-state index in [1.165, 1.54) is 17.3 Å². The zero-order valence-electron chi connectivity index (χ0n) is 20.7. The molecule has 0 aliphatic carbocycles. The number of aryl methyl sites for hydroxylation is 1. The van der Waals surface area contributed by atoms with Crippen LogP contribution >= 0.6 is 11.8 Å². The first-order chi connectivity index (χ1) is 16.8. The molecule has 0 saturated heterocycles. The summed E-state index contributed by atoms with van der Waals surface area (Å²) in [6.07, 6.45) is 0. The highest BCUT2D eigenvalue weighted by Gasteiger charge is 2.20. The van der Waals surface area contributed by atoms with Crippen LogP contribution in [0.5, 0.6) is 5.75 Å². The van der Waals surface area contributed by atoms with Gasteiger partial charge in [0.2, 0.25) is 5.91 Å². The summed E-state index contributed by atoms with van der Waals surface area (Å²) in [6.45, 7) is 8.46. The van der Waals surface area contributed by atoms with Gasteiger partial charge in [-0.25, -0.2) is 0 Å². The van der Waals surface area contributed by atoms with E-state index in [4.69, 9.17) is 4.74 Å². The van der Waals surface area contributed by atoms with Crippen LogP contribution in [-0.2, 0) is 10.2 Å². The average molecular weight is 487 g/mol.